The van der Waals surface area contributed by atoms with Gasteiger partial charge in [-0.1, -0.05) is 47.4 Å². The Morgan fingerprint density at radius 3 is 2.54 bits per heavy atom. The summed E-state index contributed by atoms with van der Waals surface area (Å²) in [6, 6.07) is 14.5. The quantitative estimate of drug-likeness (QED) is 0.171. The fourth-order valence-corrected chi connectivity index (χ4v) is 6.24. The highest BCUT2D eigenvalue weighted by atomic mass is 16.6. The molecule has 1 radical (unpaired) electrons. The number of aromatic nitrogens is 1. The van der Waals surface area contributed by atoms with E-state index in [1.54, 1.807) is 34.8 Å². The van der Waals surface area contributed by atoms with Gasteiger partial charge in [0.1, 0.15) is 23.1 Å². The summed E-state index contributed by atoms with van der Waals surface area (Å²) >= 11 is 0. The molecule has 1 aromatic heterocycles. The van der Waals surface area contributed by atoms with Crippen LogP contribution in [0.5, 0.6) is 11.5 Å². The average Bonchev–Trinajstić information content (AvgIpc) is 3.54. The van der Waals surface area contributed by atoms with Crippen LogP contribution in [0.2, 0.25) is 0 Å². The van der Waals surface area contributed by atoms with Gasteiger partial charge in [0.25, 0.3) is 5.91 Å². The smallest absolute Gasteiger partial charge is 0.486 e. The molecule has 277 valence electrons. The molecule has 0 aliphatic carbocycles. The first kappa shape index (κ1) is 38.1. The Bertz CT molecular complexity index is 1760. The largest absolute Gasteiger partial charge is 0.497 e. The number of nitrogens with one attached hydrogen (secondary N) is 2. The lowest BCUT2D eigenvalue weighted by Gasteiger charge is -2.26. The van der Waals surface area contributed by atoms with Gasteiger partial charge in [0.05, 0.1) is 31.3 Å². The SMILES string of the molecule is CCOC(=O)C1CCC=CCCCCN(NC(=O)OC(C)(C)C)C(=O)[N+]2CC(Oc3cc(-c4ccccc4)nc4cc(OC)ccc34)CC2C(=O)N1. The van der Waals surface area contributed by atoms with E-state index in [1.165, 1.54) is 9.91 Å². The fourth-order valence-electron chi connectivity index (χ4n) is 6.24. The van der Waals surface area contributed by atoms with E-state index in [1.807, 2.05) is 66.7 Å². The zero-order valence-electron chi connectivity index (χ0n) is 30.6. The molecular formula is C39H49N5O8+. The summed E-state index contributed by atoms with van der Waals surface area (Å²) < 4.78 is 22.9. The van der Waals surface area contributed by atoms with Crippen molar-refractivity contribution in [2.45, 2.75) is 90.0 Å². The van der Waals surface area contributed by atoms with Crippen molar-refractivity contribution >= 4 is 34.9 Å². The molecule has 13 nitrogen and oxygen atoms in total. The van der Waals surface area contributed by atoms with Crippen LogP contribution in [0.1, 0.15) is 66.2 Å². The number of hydrogen-bond donors (Lipinski definition) is 2. The Kier molecular flexibility index (Phi) is 12.7. The standard InChI is InChI=1S/C39H49N5O8/c1-6-50-36(46)30-18-14-9-7-8-10-15-21-44(42-37(47)52-39(2,3)4)38(48)43-25-28(23-33(43)35(45)41-30)51-34-24-31(26-16-12-11-13-17-26)40-32-22-27(49-5)19-20-29(32)34/h7,9,11-13,16-17,19-20,22,24,28,30,33H,6,8,10,14-15,18,21,23,25H2,1-5H3,(H,41,45)(H,42,47)/q+1. The van der Waals surface area contributed by atoms with Gasteiger partial charge in [0.2, 0.25) is 6.04 Å². The molecule has 3 unspecified atom stereocenters. The third kappa shape index (κ3) is 9.99. The van der Waals surface area contributed by atoms with E-state index in [4.69, 9.17) is 23.9 Å². The van der Waals surface area contributed by atoms with Crippen LogP contribution >= 0.6 is 0 Å². The number of hydrogen-bond acceptors (Lipinski definition) is 9. The molecule has 5 rings (SSSR count). The molecule has 52 heavy (non-hydrogen) atoms. The van der Waals surface area contributed by atoms with Crippen LogP contribution in [0.25, 0.3) is 22.2 Å². The molecule has 13 heteroatoms. The number of allylic oxidation sites excluding steroid dienone is 2. The van der Waals surface area contributed by atoms with Crippen molar-refractivity contribution < 1.29 is 38.1 Å². The lowest BCUT2D eigenvalue weighted by molar-refractivity contribution is -0.147. The molecule has 4 amide bonds. The third-order valence-electron chi connectivity index (χ3n) is 8.69. The number of carbonyl (C=O) groups excluding carboxylic acids is 4. The number of hydrazine groups is 1. The highest BCUT2D eigenvalue weighted by molar-refractivity contribution is 5.93. The van der Waals surface area contributed by atoms with Crippen LogP contribution < -0.4 is 25.1 Å². The molecule has 3 aromatic rings. The number of pyridine rings is 1. The van der Waals surface area contributed by atoms with Crippen molar-refractivity contribution in [1.29, 1.82) is 0 Å². The molecule has 1 saturated heterocycles. The van der Waals surface area contributed by atoms with E-state index in [0.717, 1.165) is 23.8 Å². The second-order valence-electron chi connectivity index (χ2n) is 13.8. The van der Waals surface area contributed by atoms with Crippen LogP contribution in [-0.4, -0.2) is 84.6 Å². The van der Waals surface area contributed by atoms with Crippen molar-refractivity contribution in [3.8, 4) is 22.8 Å². The summed E-state index contributed by atoms with van der Waals surface area (Å²) in [5.41, 5.74) is 4.02. The molecule has 3 atom stereocenters. The van der Waals surface area contributed by atoms with Gasteiger partial charge < -0.3 is 24.3 Å². The van der Waals surface area contributed by atoms with E-state index in [2.05, 4.69) is 10.7 Å². The van der Waals surface area contributed by atoms with Crippen LogP contribution in [0.3, 0.4) is 0 Å². The van der Waals surface area contributed by atoms with Gasteiger partial charge in [-0.3, -0.25) is 4.79 Å². The number of urea groups is 1. The van der Waals surface area contributed by atoms with Gasteiger partial charge in [-0.05, 0) is 71.9 Å². The number of carbonyl (C=O) groups is 4. The first-order valence-electron chi connectivity index (χ1n) is 17.9. The Morgan fingerprint density at radius 1 is 1.04 bits per heavy atom. The van der Waals surface area contributed by atoms with Gasteiger partial charge in [-0.25, -0.2) is 20.0 Å². The summed E-state index contributed by atoms with van der Waals surface area (Å²) in [6.45, 7) is 7.28. The molecule has 2 aliphatic rings. The van der Waals surface area contributed by atoms with Crippen LogP contribution in [0.4, 0.5) is 9.59 Å². The number of fused-ring (bicyclic) bond motifs is 2. The van der Waals surface area contributed by atoms with Gasteiger partial charge in [-0.2, -0.15) is 9.80 Å². The highest BCUT2D eigenvalue weighted by Gasteiger charge is 2.53. The molecule has 1 fully saturated rings. The minimum Gasteiger partial charge on any atom is -0.497 e. The van der Waals surface area contributed by atoms with Crippen LogP contribution in [-0.2, 0) is 19.1 Å². The maximum Gasteiger partial charge on any atom is 0.486 e. The lowest BCUT2D eigenvalue weighted by Crippen LogP contribution is -2.60. The molecule has 2 aromatic carbocycles. The average molecular weight is 716 g/mol. The van der Waals surface area contributed by atoms with Gasteiger partial charge >= 0.3 is 18.1 Å². The predicted molar refractivity (Wildman–Crippen MR) is 196 cm³/mol. The highest BCUT2D eigenvalue weighted by Crippen LogP contribution is 2.34. The summed E-state index contributed by atoms with van der Waals surface area (Å²) in [5, 5.41) is 4.78. The Balaban J connectivity index is 1.50. The number of methoxy groups -OCH3 is 1. The van der Waals surface area contributed by atoms with Crippen LogP contribution in [0.15, 0.2) is 66.7 Å². The third-order valence-corrected chi connectivity index (χ3v) is 8.69. The number of esters is 1. The lowest BCUT2D eigenvalue weighted by atomic mass is 10.1. The van der Waals surface area contributed by atoms with Crippen molar-refractivity contribution in [1.82, 2.24) is 25.6 Å². The van der Waals surface area contributed by atoms with Crippen molar-refractivity contribution in [3.05, 3.63) is 66.7 Å². The Hall–Kier alpha value is -5.17. The summed E-state index contributed by atoms with van der Waals surface area (Å²) in [5.74, 6) is 0.0851. The van der Waals surface area contributed by atoms with Crippen LogP contribution in [0, 0.1) is 0 Å². The number of benzene rings is 2. The zero-order chi connectivity index (χ0) is 37.3. The molecule has 0 spiro atoms. The normalized spacial score (nSPS) is 20.6. The minimum absolute atomic E-state index is 0.0235. The van der Waals surface area contributed by atoms with Gasteiger partial charge in [-0.15, -0.1) is 0 Å². The zero-order valence-corrected chi connectivity index (χ0v) is 30.6. The maximum atomic E-state index is 14.4. The summed E-state index contributed by atoms with van der Waals surface area (Å²) in [7, 11) is 1.59. The molecule has 2 N–H and O–H groups in total. The molecule has 3 heterocycles. The molecule has 0 bridgehead atoms. The molecule has 0 saturated carbocycles. The minimum atomic E-state index is -1.03. The topological polar surface area (TPSA) is 151 Å². The molecular weight excluding hydrogens is 666 g/mol. The van der Waals surface area contributed by atoms with E-state index in [0.29, 0.717) is 42.0 Å². The Morgan fingerprint density at radius 2 is 1.81 bits per heavy atom. The number of rotatable bonds is 7. The van der Waals surface area contributed by atoms with E-state index >= 15 is 0 Å². The molecule has 2 aliphatic heterocycles. The maximum absolute atomic E-state index is 14.4. The monoisotopic (exact) mass is 715 g/mol. The summed E-state index contributed by atoms with van der Waals surface area (Å²) in [4.78, 5) is 60.6. The second kappa shape index (κ2) is 17.4. The van der Waals surface area contributed by atoms with E-state index < -0.39 is 47.8 Å². The van der Waals surface area contributed by atoms with Gasteiger partial charge in [0, 0.05) is 29.6 Å². The van der Waals surface area contributed by atoms with Crippen molar-refractivity contribution in [2.24, 2.45) is 0 Å². The Labute approximate surface area is 304 Å². The van der Waals surface area contributed by atoms with E-state index in [9.17, 15) is 19.2 Å². The first-order valence-corrected chi connectivity index (χ1v) is 17.9. The fraction of sp³-hybridized carbons (Fsp3) is 0.462. The summed E-state index contributed by atoms with van der Waals surface area (Å²) in [6.07, 6.45) is 5.64. The van der Waals surface area contributed by atoms with E-state index in [-0.39, 0.29) is 26.1 Å². The van der Waals surface area contributed by atoms with Gasteiger partial charge in [0.15, 0.2) is 12.6 Å². The first-order chi connectivity index (χ1) is 25.0. The van der Waals surface area contributed by atoms with Crippen molar-refractivity contribution in [2.75, 3.05) is 26.8 Å². The number of ether oxygens (including phenoxy) is 4. The second-order valence-corrected chi connectivity index (χ2v) is 13.8. The number of nitrogens with zero attached hydrogens (tertiary/aromatic N) is 3. The van der Waals surface area contributed by atoms with Crippen molar-refractivity contribution in [3.63, 3.8) is 0 Å². The number of amides is 4. The predicted octanol–water partition coefficient (Wildman–Crippen LogP) is 6.00.